The maximum absolute atomic E-state index is 10.3. The first-order valence-corrected chi connectivity index (χ1v) is 3.76. The Bertz CT molecular complexity index is 467. The second-order valence-electron chi connectivity index (χ2n) is 2.48. The molecule has 7 nitrogen and oxygen atoms in total. The van der Waals surface area contributed by atoms with E-state index in [-0.39, 0.29) is 5.88 Å². The van der Waals surface area contributed by atoms with Gasteiger partial charge >= 0.3 is 5.97 Å². The zero-order chi connectivity index (χ0) is 9.97. The number of hydrogen-bond donors (Lipinski definition) is 1. The number of hydrogen-bond acceptors (Lipinski definition) is 5. The van der Waals surface area contributed by atoms with E-state index in [1.807, 2.05) is 0 Å². The molecule has 0 unspecified atom stereocenters. The number of fused-ring (bicyclic) bond motifs is 1. The van der Waals surface area contributed by atoms with Crippen molar-refractivity contribution in [2.75, 3.05) is 6.61 Å². The number of rotatable bonds is 3. The van der Waals surface area contributed by atoms with Crippen molar-refractivity contribution in [3.63, 3.8) is 0 Å². The van der Waals surface area contributed by atoms with E-state index in [2.05, 4.69) is 15.2 Å². The molecule has 0 saturated heterocycles. The maximum Gasteiger partial charge on any atom is 0.341 e. The average Bonchev–Trinajstić information content (AvgIpc) is 2.62. The van der Waals surface area contributed by atoms with Crippen LogP contribution in [0.4, 0.5) is 0 Å². The minimum atomic E-state index is -1.06. The summed E-state index contributed by atoms with van der Waals surface area (Å²) >= 11 is 0. The van der Waals surface area contributed by atoms with Gasteiger partial charge in [-0.1, -0.05) is 0 Å². The van der Waals surface area contributed by atoms with Gasteiger partial charge in [0.05, 0.1) is 0 Å². The van der Waals surface area contributed by atoms with Gasteiger partial charge in [-0.2, -0.15) is 0 Å². The van der Waals surface area contributed by atoms with Gasteiger partial charge in [0.2, 0.25) is 5.65 Å². The molecular weight excluding hydrogens is 188 g/mol. The summed E-state index contributed by atoms with van der Waals surface area (Å²) in [6.07, 6.45) is 4.60. The number of nitrogens with zero attached hydrogens (tertiary/aromatic N) is 4. The summed E-state index contributed by atoms with van der Waals surface area (Å²) in [4.78, 5) is 14.1. The van der Waals surface area contributed by atoms with E-state index in [1.54, 1.807) is 10.6 Å². The molecule has 2 heterocycles. The van der Waals surface area contributed by atoms with Crippen LogP contribution in [-0.2, 0) is 4.79 Å². The molecule has 0 amide bonds. The monoisotopic (exact) mass is 194 g/mol. The highest BCUT2D eigenvalue weighted by Gasteiger charge is 2.07. The van der Waals surface area contributed by atoms with Gasteiger partial charge in [-0.25, -0.2) is 9.78 Å². The van der Waals surface area contributed by atoms with Crippen molar-refractivity contribution in [2.45, 2.75) is 0 Å². The second kappa shape index (κ2) is 3.29. The molecule has 2 aromatic heterocycles. The molecule has 0 aromatic carbocycles. The summed E-state index contributed by atoms with van der Waals surface area (Å²) in [5.41, 5.74) is 0.397. The number of aromatic nitrogens is 4. The van der Waals surface area contributed by atoms with Crippen LogP contribution in [0.15, 0.2) is 18.7 Å². The largest absolute Gasteiger partial charge is 0.479 e. The quantitative estimate of drug-likeness (QED) is 0.714. The van der Waals surface area contributed by atoms with Crippen LogP contribution in [0.2, 0.25) is 0 Å². The van der Waals surface area contributed by atoms with Crippen molar-refractivity contribution in [3.05, 3.63) is 18.7 Å². The Morgan fingerprint density at radius 2 is 2.50 bits per heavy atom. The Morgan fingerprint density at radius 1 is 1.64 bits per heavy atom. The summed E-state index contributed by atoms with van der Waals surface area (Å²) in [5.74, 6) is -0.902. The third kappa shape index (κ3) is 1.47. The van der Waals surface area contributed by atoms with Crippen LogP contribution in [-0.4, -0.2) is 37.3 Å². The molecule has 72 valence electrons. The highest BCUT2D eigenvalue weighted by atomic mass is 16.5. The van der Waals surface area contributed by atoms with Gasteiger partial charge < -0.3 is 9.84 Å². The fourth-order valence-electron chi connectivity index (χ4n) is 0.967. The topological polar surface area (TPSA) is 89.6 Å². The molecule has 0 fully saturated rings. The molecule has 0 atom stereocenters. The number of ether oxygens (including phenoxy) is 1. The predicted molar refractivity (Wildman–Crippen MR) is 43.9 cm³/mol. The van der Waals surface area contributed by atoms with Gasteiger partial charge in [-0.3, -0.25) is 4.40 Å². The Hall–Kier alpha value is -2.18. The third-order valence-corrected chi connectivity index (χ3v) is 1.52. The van der Waals surface area contributed by atoms with Crippen LogP contribution in [0.3, 0.4) is 0 Å². The van der Waals surface area contributed by atoms with Gasteiger partial charge in [-0.05, 0) is 0 Å². The van der Waals surface area contributed by atoms with Crippen molar-refractivity contribution in [3.8, 4) is 5.88 Å². The molecule has 0 radical (unpaired) electrons. The van der Waals surface area contributed by atoms with Gasteiger partial charge in [0.15, 0.2) is 6.61 Å². The van der Waals surface area contributed by atoms with Gasteiger partial charge in [0.25, 0.3) is 5.88 Å². The number of carboxylic acid groups (broad SMARTS) is 1. The molecule has 0 spiro atoms. The molecule has 0 bridgehead atoms. The van der Waals surface area contributed by atoms with Crippen LogP contribution in [0.1, 0.15) is 0 Å². The van der Waals surface area contributed by atoms with Crippen molar-refractivity contribution < 1.29 is 14.6 Å². The normalized spacial score (nSPS) is 10.3. The average molecular weight is 194 g/mol. The predicted octanol–water partition coefficient (Wildman–Crippen LogP) is -0.412. The summed E-state index contributed by atoms with van der Waals surface area (Å²) < 4.78 is 6.49. The Kier molecular flexibility index (Phi) is 1.98. The number of aliphatic carboxylic acids is 1. The minimum Gasteiger partial charge on any atom is -0.479 e. The molecule has 7 heteroatoms. The van der Waals surface area contributed by atoms with Crippen molar-refractivity contribution in [1.82, 2.24) is 19.6 Å². The molecule has 2 aromatic rings. The number of carboxylic acids is 1. The highest BCUT2D eigenvalue weighted by Crippen LogP contribution is 2.11. The van der Waals surface area contributed by atoms with Crippen LogP contribution in [0.25, 0.3) is 5.65 Å². The van der Waals surface area contributed by atoms with Crippen molar-refractivity contribution in [2.24, 2.45) is 0 Å². The third-order valence-electron chi connectivity index (χ3n) is 1.52. The van der Waals surface area contributed by atoms with Gasteiger partial charge in [0, 0.05) is 12.4 Å². The minimum absolute atomic E-state index is 0.160. The zero-order valence-corrected chi connectivity index (χ0v) is 6.99. The highest BCUT2D eigenvalue weighted by molar-refractivity contribution is 5.68. The molecule has 0 aliphatic rings. The van der Waals surface area contributed by atoms with E-state index >= 15 is 0 Å². The molecular formula is C7H6N4O3. The summed E-state index contributed by atoms with van der Waals surface area (Å²) in [6, 6.07) is 0. The fraction of sp³-hybridized carbons (Fsp3) is 0.143. The number of carbonyl (C=O) groups is 1. The van der Waals surface area contributed by atoms with E-state index < -0.39 is 12.6 Å². The molecule has 14 heavy (non-hydrogen) atoms. The Labute approximate surface area is 78.0 Å². The lowest BCUT2D eigenvalue weighted by Gasteiger charge is -2.01. The summed E-state index contributed by atoms with van der Waals surface area (Å²) in [5, 5.41) is 15.8. The van der Waals surface area contributed by atoms with E-state index in [1.165, 1.54) is 12.5 Å². The summed E-state index contributed by atoms with van der Waals surface area (Å²) in [6.45, 7) is -0.445. The van der Waals surface area contributed by atoms with E-state index in [0.29, 0.717) is 5.65 Å². The smallest absolute Gasteiger partial charge is 0.341 e. The lowest BCUT2D eigenvalue weighted by atomic mass is 10.6. The molecule has 2 rings (SSSR count). The van der Waals surface area contributed by atoms with Gasteiger partial charge in [0.1, 0.15) is 6.33 Å². The lowest BCUT2D eigenvalue weighted by molar-refractivity contribution is -0.139. The van der Waals surface area contributed by atoms with Crippen LogP contribution < -0.4 is 4.74 Å². The van der Waals surface area contributed by atoms with Crippen molar-refractivity contribution >= 4 is 11.6 Å². The van der Waals surface area contributed by atoms with E-state index in [4.69, 9.17) is 9.84 Å². The molecule has 0 aliphatic carbocycles. The fourth-order valence-corrected chi connectivity index (χ4v) is 0.967. The summed E-state index contributed by atoms with van der Waals surface area (Å²) in [7, 11) is 0. The molecule has 1 N–H and O–H groups in total. The van der Waals surface area contributed by atoms with Crippen molar-refractivity contribution in [1.29, 1.82) is 0 Å². The SMILES string of the molecule is O=C(O)COc1nccn2cnnc12. The maximum atomic E-state index is 10.3. The first kappa shape index (κ1) is 8.42. The Balaban J connectivity index is 2.32. The zero-order valence-electron chi connectivity index (χ0n) is 6.99. The van der Waals surface area contributed by atoms with E-state index in [9.17, 15) is 4.79 Å². The van der Waals surface area contributed by atoms with Crippen LogP contribution in [0, 0.1) is 0 Å². The lowest BCUT2D eigenvalue weighted by Crippen LogP contribution is -2.10. The van der Waals surface area contributed by atoms with Crippen LogP contribution >= 0.6 is 0 Å². The first-order chi connectivity index (χ1) is 6.77. The standard InChI is InChI=1S/C7H6N4O3/c12-5(13)3-14-7-6-10-9-4-11(6)2-1-8-7/h1-2,4H,3H2,(H,12,13). The molecule has 0 saturated carbocycles. The Morgan fingerprint density at radius 3 is 3.29 bits per heavy atom. The molecule has 0 aliphatic heterocycles. The van der Waals surface area contributed by atoms with Gasteiger partial charge in [-0.15, -0.1) is 10.2 Å². The first-order valence-electron chi connectivity index (χ1n) is 3.76. The van der Waals surface area contributed by atoms with E-state index in [0.717, 1.165) is 0 Å². The van der Waals surface area contributed by atoms with Crippen LogP contribution in [0.5, 0.6) is 5.88 Å². The second-order valence-corrected chi connectivity index (χ2v) is 2.48.